The molecule has 20 heavy (non-hydrogen) atoms. The number of carbonyl (C=O) groups is 2. The van der Waals surface area contributed by atoms with Crippen LogP contribution in [0.1, 0.15) is 26.2 Å². The SMILES string of the molecule is COC1CCC(NC(=O)N2CC(C)(OCC(=O)O)C2)C1. The highest BCUT2D eigenvalue weighted by Crippen LogP contribution is 2.26. The minimum Gasteiger partial charge on any atom is -0.480 e. The quantitative estimate of drug-likeness (QED) is 0.765. The van der Waals surface area contributed by atoms with Gasteiger partial charge >= 0.3 is 12.0 Å². The Morgan fingerprint density at radius 3 is 2.65 bits per heavy atom. The number of urea groups is 1. The molecule has 2 aliphatic rings. The molecule has 0 aromatic rings. The second kappa shape index (κ2) is 5.97. The summed E-state index contributed by atoms with van der Waals surface area (Å²) in [4.78, 5) is 24.1. The molecule has 0 aromatic carbocycles. The van der Waals surface area contributed by atoms with Gasteiger partial charge in [-0.15, -0.1) is 0 Å². The molecule has 0 aromatic heterocycles. The van der Waals surface area contributed by atoms with Crippen LogP contribution in [0.5, 0.6) is 0 Å². The van der Waals surface area contributed by atoms with E-state index >= 15 is 0 Å². The highest BCUT2D eigenvalue weighted by molar-refractivity contribution is 5.76. The van der Waals surface area contributed by atoms with Gasteiger partial charge in [0.25, 0.3) is 0 Å². The van der Waals surface area contributed by atoms with Crippen molar-refractivity contribution < 1.29 is 24.2 Å². The molecule has 114 valence electrons. The van der Waals surface area contributed by atoms with E-state index in [1.165, 1.54) is 0 Å². The summed E-state index contributed by atoms with van der Waals surface area (Å²) in [6, 6.07) is 0.0578. The summed E-state index contributed by atoms with van der Waals surface area (Å²) in [6.45, 7) is 2.33. The molecule has 1 aliphatic heterocycles. The van der Waals surface area contributed by atoms with E-state index in [0.29, 0.717) is 13.1 Å². The maximum Gasteiger partial charge on any atom is 0.329 e. The van der Waals surface area contributed by atoms with Crippen molar-refractivity contribution in [1.29, 1.82) is 0 Å². The number of ether oxygens (including phenoxy) is 2. The van der Waals surface area contributed by atoms with Gasteiger partial charge in [0.15, 0.2) is 0 Å². The predicted octanol–water partition coefficient (Wildman–Crippen LogP) is 0.439. The highest BCUT2D eigenvalue weighted by Gasteiger charge is 2.43. The number of amides is 2. The summed E-state index contributed by atoms with van der Waals surface area (Å²) < 4.78 is 10.5. The molecule has 1 aliphatic carbocycles. The fourth-order valence-electron chi connectivity index (χ4n) is 2.78. The lowest BCUT2D eigenvalue weighted by molar-refractivity contribution is -0.159. The molecule has 1 saturated carbocycles. The normalized spacial score (nSPS) is 28.0. The Kier molecular flexibility index (Phi) is 4.49. The maximum absolute atomic E-state index is 12.0. The molecule has 2 fully saturated rings. The molecule has 7 heteroatoms. The van der Waals surface area contributed by atoms with Crippen molar-refractivity contribution in [3.63, 3.8) is 0 Å². The fraction of sp³-hybridized carbons (Fsp3) is 0.846. The van der Waals surface area contributed by atoms with Gasteiger partial charge in [-0.05, 0) is 26.2 Å². The van der Waals surface area contributed by atoms with Crippen LogP contribution in [0.4, 0.5) is 4.79 Å². The van der Waals surface area contributed by atoms with E-state index in [0.717, 1.165) is 19.3 Å². The van der Waals surface area contributed by atoms with Crippen molar-refractivity contribution in [2.75, 3.05) is 26.8 Å². The molecule has 2 N–H and O–H groups in total. The molecular formula is C13H22N2O5. The minimum atomic E-state index is -0.995. The van der Waals surface area contributed by atoms with Crippen LogP contribution in [0.15, 0.2) is 0 Å². The average Bonchev–Trinajstić information content (AvgIpc) is 2.80. The molecule has 2 rings (SSSR count). The fourth-order valence-corrected chi connectivity index (χ4v) is 2.78. The average molecular weight is 286 g/mol. The minimum absolute atomic E-state index is 0.108. The van der Waals surface area contributed by atoms with Gasteiger partial charge < -0.3 is 24.8 Å². The van der Waals surface area contributed by atoms with Gasteiger partial charge in [0.05, 0.1) is 19.2 Å². The molecule has 1 heterocycles. The van der Waals surface area contributed by atoms with Gasteiger partial charge in [-0.1, -0.05) is 0 Å². The Morgan fingerprint density at radius 2 is 2.10 bits per heavy atom. The van der Waals surface area contributed by atoms with E-state index in [1.807, 2.05) is 6.92 Å². The van der Waals surface area contributed by atoms with Gasteiger partial charge in [-0.25, -0.2) is 9.59 Å². The Labute approximate surface area is 118 Å². The monoisotopic (exact) mass is 286 g/mol. The number of carboxylic acid groups (broad SMARTS) is 1. The summed E-state index contributed by atoms with van der Waals surface area (Å²) in [5.74, 6) is -0.995. The third-order valence-corrected chi connectivity index (χ3v) is 3.93. The first-order valence-electron chi connectivity index (χ1n) is 6.86. The Balaban J connectivity index is 1.70. The lowest BCUT2D eigenvalue weighted by atomic mass is 9.97. The number of nitrogens with one attached hydrogen (secondary N) is 1. The highest BCUT2D eigenvalue weighted by atomic mass is 16.5. The maximum atomic E-state index is 12.0. The first-order valence-corrected chi connectivity index (χ1v) is 6.86. The second-order valence-electron chi connectivity index (χ2n) is 5.81. The van der Waals surface area contributed by atoms with E-state index in [4.69, 9.17) is 14.6 Å². The smallest absolute Gasteiger partial charge is 0.329 e. The number of carbonyl (C=O) groups excluding carboxylic acids is 1. The van der Waals surface area contributed by atoms with Crippen LogP contribution >= 0.6 is 0 Å². The predicted molar refractivity (Wildman–Crippen MR) is 70.5 cm³/mol. The van der Waals surface area contributed by atoms with Crippen molar-refractivity contribution in [1.82, 2.24) is 10.2 Å². The number of methoxy groups -OCH3 is 1. The van der Waals surface area contributed by atoms with Gasteiger partial charge in [-0.2, -0.15) is 0 Å². The van der Waals surface area contributed by atoms with Crippen molar-refractivity contribution in [3.8, 4) is 0 Å². The molecule has 2 amide bonds. The lowest BCUT2D eigenvalue weighted by Crippen LogP contribution is -2.65. The summed E-state index contributed by atoms with van der Waals surface area (Å²) in [5, 5.41) is 11.6. The van der Waals surface area contributed by atoms with Crippen LogP contribution in [0.2, 0.25) is 0 Å². The molecule has 0 radical (unpaired) electrons. The molecule has 1 saturated heterocycles. The zero-order valence-corrected chi connectivity index (χ0v) is 11.9. The zero-order valence-electron chi connectivity index (χ0n) is 11.9. The van der Waals surface area contributed by atoms with Crippen molar-refractivity contribution in [2.24, 2.45) is 0 Å². The van der Waals surface area contributed by atoms with Gasteiger partial charge in [0.1, 0.15) is 12.2 Å². The molecule has 2 atom stereocenters. The van der Waals surface area contributed by atoms with E-state index in [9.17, 15) is 9.59 Å². The summed E-state index contributed by atoms with van der Waals surface area (Å²) in [5.41, 5.74) is -0.541. The number of hydrogen-bond acceptors (Lipinski definition) is 4. The largest absolute Gasteiger partial charge is 0.480 e. The summed E-state index contributed by atoms with van der Waals surface area (Å²) in [6.07, 6.45) is 3.00. The Morgan fingerprint density at radius 1 is 1.40 bits per heavy atom. The Bertz CT molecular complexity index is 381. The van der Waals surface area contributed by atoms with E-state index in [1.54, 1.807) is 12.0 Å². The number of likely N-dealkylation sites (tertiary alicyclic amines) is 1. The van der Waals surface area contributed by atoms with E-state index < -0.39 is 11.6 Å². The number of hydrogen-bond donors (Lipinski definition) is 2. The van der Waals surface area contributed by atoms with E-state index in [2.05, 4.69) is 5.32 Å². The van der Waals surface area contributed by atoms with Gasteiger partial charge in [0, 0.05) is 13.2 Å². The lowest BCUT2D eigenvalue weighted by Gasteiger charge is -2.47. The van der Waals surface area contributed by atoms with Crippen molar-refractivity contribution in [2.45, 2.75) is 43.9 Å². The van der Waals surface area contributed by atoms with Crippen molar-refractivity contribution >= 4 is 12.0 Å². The molecule has 2 unspecified atom stereocenters. The topological polar surface area (TPSA) is 88.1 Å². The van der Waals surface area contributed by atoms with Crippen LogP contribution in [-0.2, 0) is 14.3 Å². The standard InChI is InChI=1S/C13H22N2O5/c1-13(20-6-11(16)17)7-15(8-13)12(18)14-9-3-4-10(5-9)19-2/h9-10H,3-8H2,1-2H3,(H,14,18)(H,16,17). The van der Waals surface area contributed by atoms with Crippen LogP contribution in [0, 0.1) is 0 Å². The van der Waals surface area contributed by atoms with Crippen LogP contribution in [0.25, 0.3) is 0 Å². The molecule has 0 spiro atoms. The second-order valence-corrected chi connectivity index (χ2v) is 5.81. The van der Waals surface area contributed by atoms with Crippen molar-refractivity contribution in [3.05, 3.63) is 0 Å². The molecular weight excluding hydrogens is 264 g/mol. The van der Waals surface area contributed by atoms with Gasteiger partial charge in [-0.3, -0.25) is 0 Å². The molecule has 7 nitrogen and oxygen atoms in total. The number of rotatable bonds is 5. The number of carboxylic acids is 1. The van der Waals surface area contributed by atoms with Crippen LogP contribution < -0.4 is 5.32 Å². The van der Waals surface area contributed by atoms with Crippen LogP contribution in [0.3, 0.4) is 0 Å². The van der Waals surface area contributed by atoms with Gasteiger partial charge in [0.2, 0.25) is 0 Å². The first kappa shape index (κ1) is 15.1. The van der Waals surface area contributed by atoms with E-state index in [-0.39, 0.29) is 24.8 Å². The number of aliphatic carboxylic acids is 1. The Hall–Kier alpha value is -1.34. The zero-order chi connectivity index (χ0) is 14.8. The molecule has 0 bridgehead atoms. The summed E-state index contributed by atoms with van der Waals surface area (Å²) in [7, 11) is 1.69. The number of nitrogens with zero attached hydrogens (tertiary/aromatic N) is 1. The summed E-state index contributed by atoms with van der Waals surface area (Å²) >= 11 is 0. The van der Waals surface area contributed by atoms with Crippen LogP contribution in [-0.4, -0.2) is 66.6 Å². The third-order valence-electron chi connectivity index (χ3n) is 3.93. The first-order chi connectivity index (χ1) is 9.42. The third kappa shape index (κ3) is 3.61.